The molecule has 0 bridgehead atoms. The van der Waals surface area contributed by atoms with Gasteiger partial charge in [-0.1, -0.05) is 13.3 Å². The molecule has 0 aromatic heterocycles. The molecule has 0 aliphatic heterocycles. The first-order valence-electron chi connectivity index (χ1n) is 6.68. The third-order valence-electron chi connectivity index (χ3n) is 3.68. The molecule has 0 radical (unpaired) electrons. The molecule has 0 amide bonds. The number of methoxy groups -OCH3 is 1. The minimum atomic E-state index is 0.779. The Morgan fingerprint density at radius 1 is 1.31 bits per heavy atom. The van der Waals surface area contributed by atoms with E-state index in [4.69, 9.17) is 4.74 Å². The molecule has 1 aliphatic carbocycles. The Morgan fingerprint density at radius 2 is 2.12 bits per heavy atom. The molecule has 16 heavy (non-hydrogen) atoms. The molecule has 0 saturated heterocycles. The van der Waals surface area contributed by atoms with Crippen molar-refractivity contribution in [2.75, 3.05) is 40.4 Å². The van der Waals surface area contributed by atoms with Crippen molar-refractivity contribution in [3.8, 4) is 0 Å². The van der Waals surface area contributed by atoms with E-state index in [9.17, 15) is 0 Å². The predicted octanol–water partition coefficient (Wildman–Crippen LogP) is 1.73. The van der Waals surface area contributed by atoms with Crippen LogP contribution in [0.1, 0.15) is 32.6 Å². The van der Waals surface area contributed by atoms with Gasteiger partial charge >= 0.3 is 0 Å². The molecule has 1 N–H and O–H groups in total. The summed E-state index contributed by atoms with van der Waals surface area (Å²) in [5, 5.41) is 3.62. The van der Waals surface area contributed by atoms with Crippen molar-refractivity contribution in [2.45, 2.75) is 38.6 Å². The average Bonchev–Trinajstić information content (AvgIpc) is 2.72. The summed E-state index contributed by atoms with van der Waals surface area (Å²) in [7, 11) is 3.96. The fourth-order valence-corrected chi connectivity index (χ4v) is 2.66. The number of hydrogen-bond acceptors (Lipinski definition) is 3. The van der Waals surface area contributed by atoms with Crippen LogP contribution in [0.5, 0.6) is 0 Å². The molecule has 1 fully saturated rings. The van der Waals surface area contributed by atoms with E-state index in [-0.39, 0.29) is 0 Å². The zero-order valence-corrected chi connectivity index (χ0v) is 11.2. The Morgan fingerprint density at radius 3 is 2.81 bits per heavy atom. The fraction of sp³-hybridized carbons (Fsp3) is 1.00. The second-order valence-corrected chi connectivity index (χ2v) is 4.94. The topological polar surface area (TPSA) is 24.5 Å². The van der Waals surface area contributed by atoms with Crippen LogP contribution in [-0.4, -0.2) is 51.3 Å². The number of nitrogens with zero attached hydrogens (tertiary/aromatic N) is 1. The quantitative estimate of drug-likeness (QED) is 0.685. The highest BCUT2D eigenvalue weighted by atomic mass is 16.5. The first kappa shape index (κ1) is 13.9. The van der Waals surface area contributed by atoms with E-state index in [2.05, 4.69) is 24.2 Å². The van der Waals surface area contributed by atoms with Gasteiger partial charge in [0.2, 0.25) is 0 Å². The second kappa shape index (κ2) is 8.04. The first-order valence-corrected chi connectivity index (χ1v) is 6.68. The van der Waals surface area contributed by atoms with Crippen LogP contribution in [-0.2, 0) is 4.74 Å². The lowest BCUT2D eigenvalue weighted by molar-refractivity contribution is 0.156. The van der Waals surface area contributed by atoms with Crippen LogP contribution >= 0.6 is 0 Å². The van der Waals surface area contributed by atoms with Crippen LogP contribution in [0.3, 0.4) is 0 Å². The Kier molecular flexibility index (Phi) is 7.01. The maximum atomic E-state index is 5.09. The van der Waals surface area contributed by atoms with E-state index >= 15 is 0 Å². The largest absolute Gasteiger partial charge is 0.383 e. The van der Waals surface area contributed by atoms with Crippen LogP contribution in [0.2, 0.25) is 0 Å². The monoisotopic (exact) mass is 228 g/mol. The maximum absolute atomic E-state index is 5.09. The van der Waals surface area contributed by atoms with Crippen LogP contribution < -0.4 is 5.32 Å². The smallest absolute Gasteiger partial charge is 0.0589 e. The molecule has 1 saturated carbocycles. The van der Waals surface area contributed by atoms with Crippen molar-refractivity contribution in [3.05, 3.63) is 0 Å². The van der Waals surface area contributed by atoms with Gasteiger partial charge in [-0.25, -0.2) is 0 Å². The third kappa shape index (κ3) is 4.81. The minimum absolute atomic E-state index is 0.779. The molecule has 2 atom stereocenters. The van der Waals surface area contributed by atoms with E-state index in [0.29, 0.717) is 0 Å². The van der Waals surface area contributed by atoms with Gasteiger partial charge in [-0.15, -0.1) is 0 Å². The number of likely N-dealkylation sites (N-methyl/N-ethyl adjacent to an activating group) is 1. The van der Waals surface area contributed by atoms with E-state index in [0.717, 1.165) is 31.7 Å². The van der Waals surface area contributed by atoms with Crippen molar-refractivity contribution in [2.24, 2.45) is 5.92 Å². The Balaban J connectivity index is 2.15. The SMILES string of the molecule is CCNC1CCCC1CCN(C)CCOC. The predicted molar refractivity (Wildman–Crippen MR) is 68.8 cm³/mol. The van der Waals surface area contributed by atoms with E-state index < -0.39 is 0 Å². The molecular formula is C13H28N2O. The van der Waals surface area contributed by atoms with E-state index in [1.807, 2.05) is 0 Å². The fourth-order valence-electron chi connectivity index (χ4n) is 2.66. The first-order chi connectivity index (χ1) is 7.77. The van der Waals surface area contributed by atoms with Gasteiger partial charge in [0.1, 0.15) is 0 Å². The lowest BCUT2D eigenvalue weighted by atomic mass is 9.99. The number of rotatable bonds is 8. The van der Waals surface area contributed by atoms with E-state index in [1.165, 1.54) is 32.2 Å². The third-order valence-corrected chi connectivity index (χ3v) is 3.68. The zero-order chi connectivity index (χ0) is 11.8. The van der Waals surface area contributed by atoms with Crippen LogP contribution in [0, 0.1) is 5.92 Å². The highest BCUT2D eigenvalue weighted by Crippen LogP contribution is 2.28. The Labute approximate surface area is 101 Å². The molecular weight excluding hydrogens is 200 g/mol. The molecule has 2 unspecified atom stereocenters. The van der Waals surface area contributed by atoms with Gasteiger partial charge < -0.3 is 15.0 Å². The molecule has 0 aromatic rings. The highest BCUT2D eigenvalue weighted by Gasteiger charge is 2.25. The lowest BCUT2D eigenvalue weighted by Gasteiger charge is -2.23. The van der Waals surface area contributed by atoms with Crippen molar-refractivity contribution in [3.63, 3.8) is 0 Å². The number of hydrogen-bond donors (Lipinski definition) is 1. The summed E-state index contributed by atoms with van der Waals surface area (Å²) in [4.78, 5) is 2.38. The van der Waals surface area contributed by atoms with Gasteiger partial charge in [0.05, 0.1) is 6.61 Å². The highest BCUT2D eigenvalue weighted by molar-refractivity contribution is 4.83. The van der Waals surface area contributed by atoms with Gasteiger partial charge in [-0.05, 0) is 45.3 Å². The molecule has 3 nitrogen and oxygen atoms in total. The van der Waals surface area contributed by atoms with Crippen LogP contribution in [0.25, 0.3) is 0 Å². The van der Waals surface area contributed by atoms with Crippen LogP contribution in [0.4, 0.5) is 0 Å². The summed E-state index contributed by atoms with van der Waals surface area (Å²) < 4.78 is 5.09. The summed E-state index contributed by atoms with van der Waals surface area (Å²) >= 11 is 0. The second-order valence-electron chi connectivity index (χ2n) is 4.94. The number of ether oxygens (including phenoxy) is 1. The Bertz CT molecular complexity index is 175. The average molecular weight is 228 g/mol. The summed E-state index contributed by atoms with van der Waals surface area (Å²) in [6.07, 6.45) is 5.53. The molecule has 96 valence electrons. The van der Waals surface area contributed by atoms with Gasteiger partial charge in [0, 0.05) is 19.7 Å². The molecule has 0 heterocycles. The summed E-state index contributed by atoms with van der Waals surface area (Å²) in [5.74, 6) is 0.893. The number of nitrogens with one attached hydrogen (secondary N) is 1. The van der Waals surface area contributed by atoms with Crippen molar-refractivity contribution < 1.29 is 4.74 Å². The maximum Gasteiger partial charge on any atom is 0.0589 e. The van der Waals surface area contributed by atoms with Gasteiger partial charge in [-0.2, -0.15) is 0 Å². The molecule has 1 rings (SSSR count). The Hall–Kier alpha value is -0.120. The van der Waals surface area contributed by atoms with Crippen molar-refractivity contribution >= 4 is 0 Å². The lowest BCUT2D eigenvalue weighted by Crippen LogP contribution is -2.34. The summed E-state index contributed by atoms with van der Waals surface area (Å²) in [6.45, 7) is 6.42. The normalized spacial score (nSPS) is 25.5. The summed E-state index contributed by atoms with van der Waals surface area (Å²) in [5.41, 5.74) is 0. The van der Waals surface area contributed by atoms with Gasteiger partial charge in [0.25, 0.3) is 0 Å². The molecule has 1 aliphatic rings. The van der Waals surface area contributed by atoms with Gasteiger partial charge in [-0.3, -0.25) is 0 Å². The minimum Gasteiger partial charge on any atom is -0.383 e. The van der Waals surface area contributed by atoms with Crippen molar-refractivity contribution in [1.29, 1.82) is 0 Å². The van der Waals surface area contributed by atoms with E-state index in [1.54, 1.807) is 7.11 Å². The molecule has 3 heteroatoms. The van der Waals surface area contributed by atoms with Crippen molar-refractivity contribution in [1.82, 2.24) is 10.2 Å². The standard InChI is InChI=1S/C13H28N2O/c1-4-14-13-7-5-6-12(13)8-9-15(2)10-11-16-3/h12-14H,4-11H2,1-3H3. The zero-order valence-electron chi connectivity index (χ0n) is 11.2. The molecule has 0 aromatic carbocycles. The van der Waals surface area contributed by atoms with Gasteiger partial charge in [0.15, 0.2) is 0 Å². The molecule has 0 spiro atoms. The van der Waals surface area contributed by atoms with Crippen LogP contribution in [0.15, 0.2) is 0 Å². The summed E-state index contributed by atoms with van der Waals surface area (Å²) in [6, 6.07) is 0.779.